The lowest BCUT2D eigenvalue weighted by atomic mass is 10.1. The van der Waals surface area contributed by atoms with Crippen LogP contribution in [0.4, 0.5) is 0 Å². The molecule has 0 aliphatic rings. The van der Waals surface area contributed by atoms with Crippen LogP contribution >= 0.6 is 15.9 Å². The maximum atomic E-state index is 11.9. The zero-order valence-corrected chi connectivity index (χ0v) is 10.7. The van der Waals surface area contributed by atoms with Gasteiger partial charge in [0.1, 0.15) is 0 Å². The maximum Gasteiger partial charge on any atom is 0.333 e. The van der Waals surface area contributed by atoms with E-state index < -0.39 is 17.8 Å². The van der Waals surface area contributed by atoms with Gasteiger partial charge in [-0.3, -0.25) is 4.79 Å². The average molecular weight is 302 g/mol. The Labute approximate surface area is 107 Å². The van der Waals surface area contributed by atoms with Gasteiger partial charge in [-0.1, -0.05) is 28.1 Å². The van der Waals surface area contributed by atoms with E-state index in [1.54, 1.807) is 36.7 Å². The van der Waals surface area contributed by atoms with Gasteiger partial charge in [0.2, 0.25) is 0 Å². The molecule has 0 fully saturated rings. The lowest BCUT2D eigenvalue weighted by Crippen LogP contribution is -2.42. The summed E-state index contributed by atoms with van der Waals surface area (Å²) in [6.07, 6.45) is 0. The molecule has 0 radical (unpaired) electrons. The van der Waals surface area contributed by atoms with Gasteiger partial charge in [-0.2, -0.15) is 5.48 Å². The molecule has 1 atom stereocenters. The van der Waals surface area contributed by atoms with Crippen molar-refractivity contribution in [3.8, 4) is 0 Å². The standard InChI is InChI=1S/C11H12BrNO4/c1-2-17-11(15)9(13-16)10(14)7-3-5-8(12)6-4-7/h3-6,9,13,16H,2H2,1H3. The molecule has 1 aromatic carbocycles. The second-order valence-corrected chi connectivity index (χ2v) is 4.10. The predicted octanol–water partition coefficient (Wildman–Crippen LogP) is 1.54. The molecule has 0 bridgehead atoms. The predicted molar refractivity (Wildman–Crippen MR) is 63.8 cm³/mol. The summed E-state index contributed by atoms with van der Waals surface area (Å²) in [5.41, 5.74) is 1.98. The molecular formula is C11H12BrNO4. The van der Waals surface area contributed by atoms with Gasteiger partial charge in [-0.15, -0.1) is 0 Å². The number of esters is 1. The van der Waals surface area contributed by atoms with Crippen LogP contribution in [0.15, 0.2) is 28.7 Å². The van der Waals surface area contributed by atoms with E-state index in [2.05, 4.69) is 20.7 Å². The Kier molecular flexibility index (Phi) is 5.27. The Hall–Kier alpha value is -1.24. The maximum absolute atomic E-state index is 11.9. The van der Waals surface area contributed by atoms with E-state index in [0.717, 1.165) is 4.47 Å². The van der Waals surface area contributed by atoms with E-state index >= 15 is 0 Å². The van der Waals surface area contributed by atoms with Crippen molar-refractivity contribution in [2.75, 3.05) is 6.61 Å². The highest BCUT2D eigenvalue weighted by atomic mass is 79.9. The van der Waals surface area contributed by atoms with Gasteiger partial charge in [0.15, 0.2) is 11.8 Å². The number of rotatable bonds is 5. The molecule has 0 aromatic heterocycles. The number of benzene rings is 1. The van der Waals surface area contributed by atoms with Crippen molar-refractivity contribution in [1.29, 1.82) is 0 Å². The van der Waals surface area contributed by atoms with Crippen molar-refractivity contribution >= 4 is 27.7 Å². The quantitative estimate of drug-likeness (QED) is 0.373. The molecule has 92 valence electrons. The highest BCUT2D eigenvalue weighted by molar-refractivity contribution is 9.10. The van der Waals surface area contributed by atoms with Crippen LogP contribution in [-0.2, 0) is 9.53 Å². The summed E-state index contributed by atoms with van der Waals surface area (Å²) >= 11 is 3.23. The summed E-state index contributed by atoms with van der Waals surface area (Å²) in [7, 11) is 0. The van der Waals surface area contributed by atoms with Gasteiger partial charge in [-0.25, -0.2) is 4.79 Å². The van der Waals surface area contributed by atoms with Crippen molar-refractivity contribution in [2.45, 2.75) is 13.0 Å². The number of ketones is 1. The SMILES string of the molecule is CCOC(=O)C(NO)C(=O)c1ccc(Br)cc1. The van der Waals surface area contributed by atoms with Gasteiger partial charge in [0, 0.05) is 10.0 Å². The molecule has 2 N–H and O–H groups in total. The first-order valence-corrected chi connectivity index (χ1v) is 5.75. The molecule has 0 aliphatic heterocycles. The molecule has 0 heterocycles. The molecule has 1 rings (SSSR count). The van der Waals surface area contributed by atoms with Crippen molar-refractivity contribution in [3.05, 3.63) is 34.3 Å². The zero-order valence-electron chi connectivity index (χ0n) is 9.14. The minimum Gasteiger partial charge on any atom is -0.464 e. The number of carbonyl (C=O) groups excluding carboxylic acids is 2. The average Bonchev–Trinajstić information content (AvgIpc) is 2.31. The third kappa shape index (κ3) is 3.62. The molecule has 0 saturated heterocycles. The van der Waals surface area contributed by atoms with Crippen molar-refractivity contribution in [1.82, 2.24) is 5.48 Å². The van der Waals surface area contributed by atoms with Crippen LogP contribution in [-0.4, -0.2) is 29.6 Å². The van der Waals surface area contributed by atoms with Gasteiger partial charge in [-0.05, 0) is 19.1 Å². The fourth-order valence-corrected chi connectivity index (χ4v) is 1.49. The molecule has 5 nitrogen and oxygen atoms in total. The lowest BCUT2D eigenvalue weighted by Gasteiger charge is -2.12. The van der Waals surface area contributed by atoms with Gasteiger partial charge in [0.25, 0.3) is 0 Å². The summed E-state index contributed by atoms with van der Waals surface area (Å²) in [4.78, 5) is 23.2. The summed E-state index contributed by atoms with van der Waals surface area (Å²) in [6, 6.07) is 5.06. The summed E-state index contributed by atoms with van der Waals surface area (Å²) in [5.74, 6) is -1.35. The number of hydrogen-bond acceptors (Lipinski definition) is 5. The molecule has 0 aliphatic carbocycles. The second-order valence-electron chi connectivity index (χ2n) is 3.19. The molecule has 0 amide bonds. The molecule has 0 spiro atoms. The number of nitrogens with one attached hydrogen (secondary N) is 1. The topological polar surface area (TPSA) is 75.6 Å². The van der Waals surface area contributed by atoms with Crippen LogP contribution in [0.25, 0.3) is 0 Å². The third-order valence-electron chi connectivity index (χ3n) is 2.04. The summed E-state index contributed by atoms with van der Waals surface area (Å²) < 4.78 is 5.49. The minimum atomic E-state index is -1.39. The smallest absolute Gasteiger partial charge is 0.333 e. The van der Waals surface area contributed by atoms with E-state index in [1.165, 1.54) is 0 Å². The minimum absolute atomic E-state index is 0.143. The van der Waals surface area contributed by atoms with Gasteiger partial charge >= 0.3 is 5.97 Å². The van der Waals surface area contributed by atoms with Crippen molar-refractivity contribution < 1.29 is 19.5 Å². The van der Waals surface area contributed by atoms with E-state index in [1.807, 2.05) is 0 Å². The molecule has 6 heteroatoms. The fraction of sp³-hybridized carbons (Fsp3) is 0.273. The molecule has 1 unspecified atom stereocenters. The van der Waals surface area contributed by atoms with E-state index in [9.17, 15) is 9.59 Å². The first-order chi connectivity index (χ1) is 8.10. The Morgan fingerprint density at radius 1 is 1.41 bits per heavy atom. The normalized spacial score (nSPS) is 11.9. The number of Topliss-reactive ketones (excluding diaryl/α,β-unsaturated/α-hetero) is 1. The highest BCUT2D eigenvalue weighted by Crippen LogP contribution is 2.12. The van der Waals surface area contributed by atoms with E-state index in [-0.39, 0.29) is 6.61 Å². The lowest BCUT2D eigenvalue weighted by molar-refractivity contribution is -0.146. The highest BCUT2D eigenvalue weighted by Gasteiger charge is 2.28. The second kappa shape index (κ2) is 6.48. The first kappa shape index (κ1) is 13.8. The Balaban J connectivity index is 2.86. The van der Waals surface area contributed by atoms with Crippen molar-refractivity contribution in [3.63, 3.8) is 0 Å². The first-order valence-electron chi connectivity index (χ1n) is 4.96. The molecule has 1 aromatic rings. The molecule has 17 heavy (non-hydrogen) atoms. The summed E-state index contributed by atoms with van der Waals surface area (Å²) in [5, 5.41) is 8.83. The van der Waals surface area contributed by atoms with Crippen LogP contribution in [0.1, 0.15) is 17.3 Å². The third-order valence-corrected chi connectivity index (χ3v) is 2.57. The van der Waals surface area contributed by atoms with Crippen LogP contribution < -0.4 is 5.48 Å². The number of hydrogen-bond donors (Lipinski definition) is 2. The monoisotopic (exact) mass is 301 g/mol. The molecule has 0 saturated carbocycles. The van der Waals surface area contributed by atoms with E-state index in [4.69, 9.17) is 5.21 Å². The van der Waals surface area contributed by atoms with Gasteiger partial charge in [0.05, 0.1) is 6.61 Å². The largest absolute Gasteiger partial charge is 0.464 e. The number of ether oxygens (including phenoxy) is 1. The van der Waals surface area contributed by atoms with Crippen LogP contribution in [0, 0.1) is 0 Å². The molecular weight excluding hydrogens is 290 g/mol. The van der Waals surface area contributed by atoms with Crippen molar-refractivity contribution in [2.24, 2.45) is 0 Å². The zero-order chi connectivity index (χ0) is 12.8. The Morgan fingerprint density at radius 3 is 2.47 bits per heavy atom. The summed E-state index contributed by atoms with van der Waals surface area (Å²) in [6.45, 7) is 1.76. The van der Waals surface area contributed by atoms with Crippen LogP contribution in [0.5, 0.6) is 0 Å². The van der Waals surface area contributed by atoms with E-state index in [0.29, 0.717) is 5.56 Å². The fourth-order valence-electron chi connectivity index (χ4n) is 1.22. The number of carbonyl (C=O) groups is 2. The van der Waals surface area contributed by atoms with Gasteiger partial charge < -0.3 is 9.94 Å². The Bertz CT molecular complexity index is 404. The Morgan fingerprint density at radius 2 is 2.00 bits per heavy atom. The van der Waals surface area contributed by atoms with Crippen LogP contribution in [0.2, 0.25) is 0 Å². The number of hydroxylamine groups is 1. The van der Waals surface area contributed by atoms with Crippen LogP contribution in [0.3, 0.4) is 0 Å². The number of halogens is 1.